The highest BCUT2D eigenvalue weighted by Crippen LogP contribution is 2.23. The third-order valence-electron chi connectivity index (χ3n) is 2.73. The zero-order valence-electron chi connectivity index (χ0n) is 11.9. The molecule has 8 heteroatoms. The molecule has 0 aliphatic heterocycles. The predicted octanol–water partition coefficient (Wildman–Crippen LogP) is 3.56. The van der Waals surface area contributed by atoms with Gasteiger partial charge in [-0.25, -0.2) is 9.59 Å². The van der Waals surface area contributed by atoms with Crippen LogP contribution in [0.15, 0.2) is 48.5 Å². The Kier molecular flexibility index (Phi) is 6.07. The highest BCUT2D eigenvalue weighted by atomic mass is 19.4. The average molecular weight is 337 g/mol. The summed E-state index contributed by atoms with van der Waals surface area (Å²) in [7, 11) is 0. The van der Waals surface area contributed by atoms with Crippen molar-refractivity contribution in [2.75, 3.05) is 0 Å². The topological polar surface area (TPSA) is 98.4 Å². The van der Waals surface area contributed by atoms with Crippen molar-refractivity contribution in [1.82, 2.24) is 0 Å². The fourth-order valence-electron chi connectivity index (χ4n) is 1.62. The molecule has 24 heavy (non-hydrogen) atoms. The van der Waals surface area contributed by atoms with Crippen molar-refractivity contribution < 1.29 is 33.0 Å². The monoisotopic (exact) mass is 337 g/mol. The van der Waals surface area contributed by atoms with Gasteiger partial charge in [-0.3, -0.25) is 0 Å². The van der Waals surface area contributed by atoms with Gasteiger partial charge in [0, 0.05) is 0 Å². The van der Waals surface area contributed by atoms with E-state index < -0.39 is 18.1 Å². The summed E-state index contributed by atoms with van der Waals surface area (Å²) in [6.45, 7) is 0. The summed E-state index contributed by atoms with van der Waals surface area (Å²) in [5.74, 6) is -3.71. The van der Waals surface area contributed by atoms with E-state index in [2.05, 4.69) is 6.07 Å². The molecule has 0 aromatic heterocycles. The van der Waals surface area contributed by atoms with Gasteiger partial charge in [0.1, 0.15) is 0 Å². The standard InChI is InChI=1S/C14H9NO2.C2HF3O2/c15-9-12-3-1-2-4-13(12)10-5-7-11(8-6-10)14(16)17;3-2(4,5)1(6)7/h1-8H,(H,16,17);(H,6,7). The lowest BCUT2D eigenvalue weighted by molar-refractivity contribution is -0.192. The maximum absolute atomic E-state index is 10.7. The fraction of sp³-hybridized carbons (Fsp3) is 0.0625. The minimum absolute atomic E-state index is 0.239. The van der Waals surface area contributed by atoms with Crippen molar-refractivity contribution in [3.63, 3.8) is 0 Å². The quantitative estimate of drug-likeness (QED) is 0.873. The van der Waals surface area contributed by atoms with Crippen LogP contribution < -0.4 is 0 Å². The van der Waals surface area contributed by atoms with Gasteiger partial charge in [0.25, 0.3) is 0 Å². The minimum Gasteiger partial charge on any atom is -0.478 e. The Bertz CT molecular complexity index is 777. The molecular weight excluding hydrogens is 327 g/mol. The lowest BCUT2D eigenvalue weighted by atomic mass is 9.99. The Balaban J connectivity index is 0.000000351. The number of nitriles is 1. The number of nitrogens with zero attached hydrogens (tertiary/aromatic N) is 1. The summed E-state index contributed by atoms with van der Waals surface area (Å²) in [4.78, 5) is 19.6. The van der Waals surface area contributed by atoms with E-state index in [-0.39, 0.29) is 5.56 Å². The largest absolute Gasteiger partial charge is 0.490 e. The Morgan fingerprint density at radius 2 is 1.46 bits per heavy atom. The molecule has 124 valence electrons. The number of alkyl halides is 3. The molecule has 2 aromatic carbocycles. The van der Waals surface area contributed by atoms with Crippen LogP contribution in [0.1, 0.15) is 15.9 Å². The molecule has 0 spiro atoms. The van der Waals surface area contributed by atoms with Gasteiger partial charge in [-0.05, 0) is 29.3 Å². The van der Waals surface area contributed by atoms with E-state index in [4.69, 9.17) is 20.3 Å². The summed E-state index contributed by atoms with van der Waals surface area (Å²) < 4.78 is 31.7. The lowest BCUT2D eigenvalue weighted by Crippen LogP contribution is -2.21. The molecule has 0 saturated heterocycles. The second-order valence-corrected chi connectivity index (χ2v) is 4.34. The smallest absolute Gasteiger partial charge is 0.478 e. The van der Waals surface area contributed by atoms with Crippen molar-refractivity contribution in [3.05, 3.63) is 59.7 Å². The highest BCUT2D eigenvalue weighted by Gasteiger charge is 2.38. The van der Waals surface area contributed by atoms with Crippen LogP contribution in [0.5, 0.6) is 0 Å². The number of carboxylic acid groups (broad SMARTS) is 2. The molecule has 2 aromatic rings. The molecule has 0 fully saturated rings. The average Bonchev–Trinajstić information content (AvgIpc) is 2.54. The van der Waals surface area contributed by atoms with Gasteiger partial charge < -0.3 is 10.2 Å². The van der Waals surface area contributed by atoms with Gasteiger partial charge in [0.05, 0.1) is 17.2 Å². The molecular formula is C16H10F3NO4. The number of benzene rings is 2. The van der Waals surface area contributed by atoms with Gasteiger partial charge in [-0.15, -0.1) is 0 Å². The number of hydrogen-bond donors (Lipinski definition) is 2. The minimum atomic E-state index is -5.08. The number of carbonyl (C=O) groups is 2. The number of rotatable bonds is 2. The second kappa shape index (κ2) is 7.78. The van der Waals surface area contributed by atoms with Crippen molar-refractivity contribution in [3.8, 4) is 17.2 Å². The van der Waals surface area contributed by atoms with Crippen molar-refractivity contribution in [1.29, 1.82) is 5.26 Å². The molecule has 0 amide bonds. The molecule has 5 nitrogen and oxygen atoms in total. The van der Waals surface area contributed by atoms with Crippen LogP contribution in [0, 0.1) is 11.3 Å². The van der Waals surface area contributed by atoms with E-state index in [0.29, 0.717) is 5.56 Å². The molecule has 2 N–H and O–H groups in total. The zero-order valence-corrected chi connectivity index (χ0v) is 11.9. The number of halogens is 3. The van der Waals surface area contributed by atoms with Crippen LogP contribution in [0.25, 0.3) is 11.1 Å². The fourth-order valence-corrected chi connectivity index (χ4v) is 1.62. The molecule has 0 heterocycles. The van der Waals surface area contributed by atoms with Crippen LogP contribution in [0.2, 0.25) is 0 Å². The normalized spacial score (nSPS) is 10.1. The van der Waals surface area contributed by atoms with E-state index >= 15 is 0 Å². The highest BCUT2D eigenvalue weighted by molar-refractivity contribution is 5.88. The summed E-state index contributed by atoms with van der Waals surface area (Å²) in [5, 5.41) is 24.9. The summed E-state index contributed by atoms with van der Waals surface area (Å²) >= 11 is 0. The first-order valence-electron chi connectivity index (χ1n) is 6.29. The first-order valence-corrected chi connectivity index (χ1v) is 6.29. The van der Waals surface area contributed by atoms with Crippen LogP contribution >= 0.6 is 0 Å². The van der Waals surface area contributed by atoms with E-state index in [0.717, 1.165) is 11.1 Å². The zero-order chi connectivity index (χ0) is 18.3. The van der Waals surface area contributed by atoms with Crippen molar-refractivity contribution in [2.45, 2.75) is 6.18 Å². The summed E-state index contributed by atoms with van der Waals surface area (Å²) in [6.07, 6.45) is -5.08. The molecule has 0 radical (unpaired) electrons. The first kappa shape index (κ1) is 18.7. The van der Waals surface area contributed by atoms with E-state index in [1.165, 1.54) is 12.1 Å². The van der Waals surface area contributed by atoms with E-state index in [9.17, 15) is 18.0 Å². The van der Waals surface area contributed by atoms with Gasteiger partial charge in [-0.1, -0.05) is 30.3 Å². The number of aliphatic carboxylic acids is 1. The van der Waals surface area contributed by atoms with Crippen molar-refractivity contribution >= 4 is 11.9 Å². The molecule has 0 unspecified atom stereocenters. The van der Waals surface area contributed by atoms with Gasteiger partial charge in [-0.2, -0.15) is 18.4 Å². The summed E-state index contributed by atoms with van der Waals surface area (Å²) in [6, 6.07) is 15.8. The number of carboxylic acids is 2. The maximum atomic E-state index is 10.7. The Hall–Kier alpha value is -3.34. The molecule has 0 aliphatic carbocycles. The van der Waals surface area contributed by atoms with Crippen molar-refractivity contribution in [2.24, 2.45) is 0 Å². The lowest BCUT2D eigenvalue weighted by Gasteiger charge is -2.04. The number of hydrogen-bond acceptors (Lipinski definition) is 3. The van der Waals surface area contributed by atoms with E-state index in [1.54, 1.807) is 24.3 Å². The summed E-state index contributed by atoms with van der Waals surface area (Å²) in [5.41, 5.74) is 2.47. The van der Waals surface area contributed by atoms with Gasteiger partial charge in [0.2, 0.25) is 0 Å². The molecule has 0 bridgehead atoms. The molecule has 0 aliphatic rings. The van der Waals surface area contributed by atoms with Crippen LogP contribution in [0.3, 0.4) is 0 Å². The van der Waals surface area contributed by atoms with Crippen LogP contribution in [0.4, 0.5) is 13.2 Å². The Morgan fingerprint density at radius 3 is 1.88 bits per heavy atom. The SMILES string of the molecule is N#Cc1ccccc1-c1ccc(C(=O)O)cc1.O=C(O)C(F)(F)F. The van der Waals surface area contributed by atoms with Gasteiger partial charge in [0.15, 0.2) is 0 Å². The third kappa shape index (κ3) is 5.14. The molecule has 2 rings (SSSR count). The predicted molar refractivity (Wildman–Crippen MR) is 77.2 cm³/mol. The second-order valence-electron chi connectivity index (χ2n) is 4.34. The Morgan fingerprint density at radius 1 is 0.958 bits per heavy atom. The Labute approximate surface area is 134 Å². The maximum Gasteiger partial charge on any atom is 0.490 e. The first-order chi connectivity index (χ1) is 11.2. The van der Waals surface area contributed by atoms with Crippen LogP contribution in [-0.4, -0.2) is 28.3 Å². The molecule has 0 atom stereocenters. The van der Waals surface area contributed by atoms with Crippen LogP contribution in [-0.2, 0) is 4.79 Å². The van der Waals surface area contributed by atoms with Gasteiger partial charge >= 0.3 is 18.1 Å². The van der Waals surface area contributed by atoms with E-state index in [1.807, 2.05) is 12.1 Å². The third-order valence-corrected chi connectivity index (χ3v) is 2.73. The number of aromatic carboxylic acids is 1. The molecule has 0 saturated carbocycles.